The normalized spacial score (nSPS) is 14.2. The van der Waals surface area contributed by atoms with E-state index in [1.165, 1.54) is 0 Å². The lowest BCUT2D eigenvalue weighted by atomic mass is 9.95. The third-order valence-electron chi connectivity index (χ3n) is 2.73. The predicted molar refractivity (Wildman–Crippen MR) is 68.0 cm³/mol. The van der Waals surface area contributed by atoms with Gasteiger partial charge in [-0.1, -0.05) is 49.4 Å². The highest BCUT2D eigenvalue weighted by atomic mass is 16.5. The zero-order valence-electron chi connectivity index (χ0n) is 9.93. The van der Waals surface area contributed by atoms with Gasteiger partial charge in [-0.05, 0) is 18.1 Å². The molecule has 88 valence electrons. The molecule has 1 aliphatic rings. The lowest BCUT2D eigenvalue weighted by Gasteiger charge is -2.12. The van der Waals surface area contributed by atoms with E-state index in [1.54, 1.807) is 0 Å². The fourth-order valence-electron chi connectivity index (χ4n) is 1.89. The molecule has 0 bridgehead atoms. The van der Waals surface area contributed by atoms with Crippen LogP contribution in [0.3, 0.4) is 0 Å². The van der Waals surface area contributed by atoms with Gasteiger partial charge in [-0.25, -0.2) is 4.79 Å². The molecule has 1 aromatic carbocycles. The van der Waals surface area contributed by atoms with Crippen LogP contribution in [0.25, 0.3) is 0 Å². The molecule has 2 nitrogen and oxygen atoms in total. The van der Waals surface area contributed by atoms with E-state index in [1.807, 2.05) is 43.3 Å². The quantitative estimate of drug-likeness (QED) is 0.738. The number of esters is 1. The van der Waals surface area contributed by atoms with Crippen LogP contribution in [-0.4, -0.2) is 12.6 Å². The summed E-state index contributed by atoms with van der Waals surface area (Å²) in [5.41, 5.74) is 1.68. The maximum absolute atomic E-state index is 11.9. The van der Waals surface area contributed by atoms with Crippen molar-refractivity contribution in [1.29, 1.82) is 0 Å². The van der Waals surface area contributed by atoms with Crippen molar-refractivity contribution in [1.82, 2.24) is 0 Å². The van der Waals surface area contributed by atoms with Gasteiger partial charge in [0, 0.05) is 5.92 Å². The molecule has 0 aliphatic heterocycles. The smallest absolute Gasteiger partial charge is 0.338 e. The molecule has 2 rings (SSSR count). The number of carbonyl (C=O) groups is 1. The Morgan fingerprint density at radius 1 is 1.24 bits per heavy atom. The van der Waals surface area contributed by atoms with E-state index in [0.717, 1.165) is 12.0 Å². The van der Waals surface area contributed by atoms with Crippen molar-refractivity contribution in [3.05, 3.63) is 59.7 Å². The van der Waals surface area contributed by atoms with Gasteiger partial charge in [-0.3, -0.25) is 0 Å². The molecule has 0 saturated carbocycles. The Labute approximate surface area is 102 Å². The molecular weight excluding hydrogens is 212 g/mol. The van der Waals surface area contributed by atoms with E-state index in [9.17, 15) is 4.79 Å². The van der Waals surface area contributed by atoms with Crippen molar-refractivity contribution < 1.29 is 9.53 Å². The molecule has 0 N–H and O–H groups in total. The maximum Gasteiger partial charge on any atom is 0.338 e. The van der Waals surface area contributed by atoms with E-state index in [2.05, 4.69) is 12.2 Å². The van der Waals surface area contributed by atoms with Gasteiger partial charge in [0.2, 0.25) is 0 Å². The summed E-state index contributed by atoms with van der Waals surface area (Å²) in [6.45, 7) is 2.46. The first-order valence-corrected chi connectivity index (χ1v) is 5.94. The van der Waals surface area contributed by atoms with Crippen LogP contribution < -0.4 is 0 Å². The predicted octanol–water partition coefficient (Wildman–Crippen LogP) is 3.46. The molecule has 0 atom stereocenters. The van der Waals surface area contributed by atoms with Crippen molar-refractivity contribution in [3.63, 3.8) is 0 Å². The summed E-state index contributed by atoms with van der Waals surface area (Å²) in [4.78, 5) is 11.9. The van der Waals surface area contributed by atoms with Gasteiger partial charge in [0.25, 0.3) is 0 Å². The van der Waals surface area contributed by atoms with Crippen LogP contribution >= 0.6 is 0 Å². The van der Waals surface area contributed by atoms with Crippen LogP contribution in [0.1, 0.15) is 35.2 Å². The summed E-state index contributed by atoms with van der Waals surface area (Å²) in [6.07, 6.45) is 8.99. The van der Waals surface area contributed by atoms with Crippen molar-refractivity contribution >= 4 is 5.97 Å². The number of benzene rings is 1. The fraction of sp³-hybridized carbons (Fsp3) is 0.267. The minimum absolute atomic E-state index is 0.195. The summed E-state index contributed by atoms with van der Waals surface area (Å²) in [5.74, 6) is -0.0310. The van der Waals surface area contributed by atoms with Crippen LogP contribution in [-0.2, 0) is 4.74 Å². The van der Waals surface area contributed by atoms with Crippen molar-refractivity contribution in [2.24, 2.45) is 0 Å². The monoisotopic (exact) mass is 228 g/mol. The first-order valence-electron chi connectivity index (χ1n) is 5.94. The van der Waals surface area contributed by atoms with Gasteiger partial charge in [0.1, 0.15) is 0 Å². The molecule has 0 heterocycles. The summed E-state index contributed by atoms with van der Waals surface area (Å²) in [5, 5.41) is 0. The maximum atomic E-state index is 11.9. The lowest BCUT2D eigenvalue weighted by Crippen LogP contribution is -2.09. The van der Waals surface area contributed by atoms with Crippen LogP contribution in [0.15, 0.2) is 48.6 Å². The third kappa shape index (κ3) is 2.64. The molecule has 0 radical (unpaired) electrons. The molecule has 0 saturated heterocycles. The van der Waals surface area contributed by atoms with E-state index in [-0.39, 0.29) is 11.9 Å². The zero-order valence-corrected chi connectivity index (χ0v) is 9.93. The lowest BCUT2D eigenvalue weighted by molar-refractivity contribution is 0.0504. The Balaban J connectivity index is 2.24. The molecule has 1 aromatic rings. The Morgan fingerprint density at radius 3 is 2.65 bits per heavy atom. The number of hydrogen-bond donors (Lipinski definition) is 0. The molecule has 0 unspecified atom stereocenters. The van der Waals surface area contributed by atoms with Gasteiger partial charge in [0.15, 0.2) is 0 Å². The van der Waals surface area contributed by atoms with Crippen molar-refractivity contribution in [3.8, 4) is 0 Å². The van der Waals surface area contributed by atoms with Crippen molar-refractivity contribution in [2.45, 2.75) is 19.3 Å². The van der Waals surface area contributed by atoms with Gasteiger partial charge in [-0.15, -0.1) is 0 Å². The number of carbonyl (C=O) groups excluding carboxylic acids is 1. The highest BCUT2D eigenvalue weighted by Gasteiger charge is 2.17. The van der Waals surface area contributed by atoms with Crippen LogP contribution in [0, 0.1) is 0 Å². The molecule has 0 aromatic heterocycles. The second-order valence-corrected chi connectivity index (χ2v) is 4.02. The second kappa shape index (κ2) is 5.48. The third-order valence-corrected chi connectivity index (χ3v) is 2.73. The highest BCUT2D eigenvalue weighted by Crippen LogP contribution is 2.26. The highest BCUT2D eigenvalue weighted by molar-refractivity contribution is 5.91. The van der Waals surface area contributed by atoms with E-state index < -0.39 is 0 Å². The summed E-state index contributed by atoms with van der Waals surface area (Å²) in [7, 11) is 0. The Kier molecular flexibility index (Phi) is 3.76. The molecule has 17 heavy (non-hydrogen) atoms. The standard InChI is InChI=1S/C15H16O2/c1-2-11-17-15(16)14-10-6-5-9-13(14)12-7-3-4-8-12/h3-10,12H,2,11H2,1H3. The number of ether oxygens (including phenoxy) is 1. The second-order valence-electron chi connectivity index (χ2n) is 4.02. The molecule has 2 heteroatoms. The van der Waals surface area contributed by atoms with Crippen molar-refractivity contribution in [2.75, 3.05) is 6.61 Å². The number of rotatable bonds is 4. The summed E-state index contributed by atoms with van der Waals surface area (Å²) in [6, 6.07) is 7.63. The first-order chi connectivity index (χ1) is 8.33. The molecule has 0 spiro atoms. The van der Waals surface area contributed by atoms with Gasteiger partial charge < -0.3 is 4.74 Å². The van der Waals surface area contributed by atoms with Crippen LogP contribution in [0.4, 0.5) is 0 Å². The van der Waals surface area contributed by atoms with Gasteiger partial charge >= 0.3 is 5.97 Å². The summed E-state index contributed by atoms with van der Waals surface area (Å²) < 4.78 is 5.19. The molecule has 0 amide bonds. The zero-order chi connectivity index (χ0) is 12.1. The Morgan fingerprint density at radius 2 is 1.94 bits per heavy atom. The van der Waals surface area contributed by atoms with Gasteiger partial charge in [-0.2, -0.15) is 0 Å². The average molecular weight is 228 g/mol. The Hall–Kier alpha value is -1.83. The Bertz CT molecular complexity index is 446. The topological polar surface area (TPSA) is 26.3 Å². The minimum Gasteiger partial charge on any atom is -0.462 e. The largest absolute Gasteiger partial charge is 0.462 e. The van der Waals surface area contributed by atoms with E-state index in [4.69, 9.17) is 4.74 Å². The number of hydrogen-bond acceptors (Lipinski definition) is 2. The van der Waals surface area contributed by atoms with Crippen LogP contribution in [0.2, 0.25) is 0 Å². The molecular formula is C15H16O2. The fourth-order valence-corrected chi connectivity index (χ4v) is 1.89. The SMILES string of the molecule is CCCOC(=O)c1ccccc1C1C=CC=C1. The van der Waals surface area contributed by atoms with E-state index in [0.29, 0.717) is 12.2 Å². The minimum atomic E-state index is -0.226. The summed E-state index contributed by atoms with van der Waals surface area (Å²) >= 11 is 0. The van der Waals surface area contributed by atoms with Crippen LogP contribution in [0.5, 0.6) is 0 Å². The average Bonchev–Trinajstić information content (AvgIpc) is 2.89. The first kappa shape index (κ1) is 11.6. The molecule has 0 fully saturated rings. The van der Waals surface area contributed by atoms with E-state index >= 15 is 0 Å². The number of allylic oxidation sites excluding steroid dienone is 4. The van der Waals surface area contributed by atoms with Gasteiger partial charge in [0.05, 0.1) is 12.2 Å². The molecule has 1 aliphatic carbocycles.